The van der Waals surface area contributed by atoms with Crippen molar-refractivity contribution in [3.63, 3.8) is 0 Å². The van der Waals surface area contributed by atoms with Gasteiger partial charge < -0.3 is 9.88 Å². The Labute approximate surface area is 127 Å². The maximum atomic E-state index is 4.52. The third-order valence-corrected chi connectivity index (χ3v) is 3.87. The van der Waals surface area contributed by atoms with Crippen LogP contribution in [0.2, 0.25) is 0 Å². The Balaban J connectivity index is 2.25. The largest absolute Gasteiger partial charge is 0.335 e. The van der Waals surface area contributed by atoms with Crippen LogP contribution in [0.25, 0.3) is 0 Å². The lowest BCUT2D eigenvalue weighted by atomic mass is 9.98. The van der Waals surface area contributed by atoms with Crippen LogP contribution in [0.1, 0.15) is 50.2 Å². The van der Waals surface area contributed by atoms with Gasteiger partial charge in [0.15, 0.2) is 0 Å². The first-order chi connectivity index (χ1) is 10.3. The van der Waals surface area contributed by atoms with E-state index < -0.39 is 0 Å². The summed E-state index contributed by atoms with van der Waals surface area (Å²) in [7, 11) is 0. The van der Waals surface area contributed by atoms with Crippen molar-refractivity contribution in [2.24, 2.45) is 0 Å². The van der Waals surface area contributed by atoms with E-state index in [1.54, 1.807) is 0 Å². The highest BCUT2D eigenvalue weighted by Gasteiger charge is 2.17. The summed E-state index contributed by atoms with van der Waals surface area (Å²) >= 11 is 0. The Hall–Kier alpha value is -1.68. The zero-order valence-corrected chi connectivity index (χ0v) is 13.3. The molecule has 0 fully saturated rings. The first-order valence-corrected chi connectivity index (χ1v) is 7.96. The summed E-state index contributed by atoms with van der Waals surface area (Å²) in [5.41, 5.74) is 2.67. The first-order valence-electron chi connectivity index (χ1n) is 7.96. The highest BCUT2D eigenvalue weighted by atomic mass is 15.1. The second kappa shape index (κ2) is 7.93. The molecular formula is C17H26N4. The van der Waals surface area contributed by atoms with Gasteiger partial charge in [0.2, 0.25) is 0 Å². The number of hydrogen-bond donors (Lipinski definition) is 1. The van der Waals surface area contributed by atoms with Gasteiger partial charge in [-0.2, -0.15) is 0 Å². The minimum absolute atomic E-state index is 0.301. The number of pyridine rings is 1. The molecule has 0 aliphatic heterocycles. The normalized spacial score (nSPS) is 12.5. The van der Waals surface area contributed by atoms with Crippen molar-refractivity contribution in [1.82, 2.24) is 19.9 Å². The zero-order chi connectivity index (χ0) is 15.1. The molecule has 4 nitrogen and oxygen atoms in total. The Bertz CT molecular complexity index is 547. The van der Waals surface area contributed by atoms with Gasteiger partial charge in [-0.15, -0.1) is 0 Å². The maximum absolute atomic E-state index is 4.52. The summed E-state index contributed by atoms with van der Waals surface area (Å²) < 4.78 is 2.22. The number of rotatable bonds is 8. The van der Waals surface area contributed by atoms with Gasteiger partial charge in [0.1, 0.15) is 5.82 Å². The number of aromatic nitrogens is 3. The van der Waals surface area contributed by atoms with E-state index in [0.29, 0.717) is 6.04 Å². The summed E-state index contributed by atoms with van der Waals surface area (Å²) in [6.07, 6.45) is 10.9. The van der Waals surface area contributed by atoms with Gasteiger partial charge in [0, 0.05) is 43.8 Å². The van der Waals surface area contributed by atoms with E-state index in [-0.39, 0.29) is 0 Å². The zero-order valence-electron chi connectivity index (χ0n) is 13.3. The Morgan fingerprint density at radius 3 is 2.81 bits per heavy atom. The van der Waals surface area contributed by atoms with Crippen LogP contribution in [-0.4, -0.2) is 21.1 Å². The summed E-state index contributed by atoms with van der Waals surface area (Å²) in [5, 5.41) is 3.67. The molecule has 2 heterocycles. The van der Waals surface area contributed by atoms with Crippen LogP contribution in [0.3, 0.4) is 0 Å². The molecule has 0 radical (unpaired) electrons. The van der Waals surface area contributed by atoms with Crippen molar-refractivity contribution >= 4 is 0 Å². The van der Waals surface area contributed by atoms with Gasteiger partial charge >= 0.3 is 0 Å². The van der Waals surface area contributed by atoms with E-state index in [4.69, 9.17) is 0 Å². The van der Waals surface area contributed by atoms with E-state index in [2.05, 4.69) is 52.9 Å². The van der Waals surface area contributed by atoms with Crippen LogP contribution in [0.4, 0.5) is 0 Å². The molecule has 1 atom stereocenters. The van der Waals surface area contributed by atoms with E-state index >= 15 is 0 Å². The monoisotopic (exact) mass is 286 g/mol. The first kappa shape index (κ1) is 15.7. The summed E-state index contributed by atoms with van der Waals surface area (Å²) in [4.78, 5) is 8.78. The third-order valence-electron chi connectivity index (χ3n) is 3.87. The average molecular weight is 286 g/mol. The molecule has 0 aliphatic carbocycles. The lowest BCUT2D eigenvalue weighted by molar-refractivity contribution is 0.503. The highest BCUT2D eigenvalue weighted by Crippen LogP contribution is 2.21. The van der Waals surface area contributed by atoms with Crippen LogP contribution in [-0.2, 0) is 19.4 Å². The van der Waals surface area contributed by atoms with Crippen LogP contribution in [0, 0.1) is 0 Å². The van der Waals surface area contributed by atoms with Crippen molar-refractivity contribution in [3.8, 4) is 0 Å². The summed E-state index contributed by atoms with van der Waals surface area (Å²) in [6, 6.07) is 2.45. The van der Waals surface area contributed by atoms with Gasteiger partial charge in [-0.05, 0) is 43.5 Å². The lowest BCUT2D eigenvalue weighted by Crippen LogP contribution is -2.26. The van der Waals surface area contributed by atoms with Gasteiger partial charge in [-0.1, -0.05) is 13.8 Å². The van der Waals surface area contributed by atoms with Crippen molar-refractivity contribution < 1.29 is 0 Å². The molecule has 0 aromatic carbocycles. The molecule has 0 saturated carbocycles. The van der Waals surface area contributed by atoms with Crippen LogP contribution in [0.15, 0.2) is 30.9 Å². The van der Waals surface area contributed by atoms with E-state index in [1.807, 2.05) is 18.6 Å². The van der Waals surface area contributed by atoms with E-state index in [0.717, 1.165) is 38.2 Å². The highest BCUT2D eigenvalue weighted by molar-refractivity contribution is 5.27. The number of imidazole rings is 1. The number of aryl methyl sites for hydroxylation is 2. The van der Waals surface area contributed by atoms with E-state index in [1.165, 1.54) is 11.1 Å². The standard InChI is InChI=1S/C17H26N4/c1-4-8-19-16(12-17-20-10-11-21(17)6-3)15-7-9-18-13-14(15)5-2/h7,9-11,13,16,19H,4-6,8,12H2,1-3H3. The van der Waals surface area contributed by atoms with Crippen LogP contribution in [0.5, 0.6) is 0 Å². The molecule has 4 heteroatoms. The summed E-state index contributed by atoms with van der Waals surface area (Å²) in [6.45, 7) is 8.52. The fourth-order valence-electron chi connectivity index (χ4n) is 2.68. The lowest BCUT2D eigenvalue weighted by Gasteiger charge is -2.21. The summed E-state index contributed by atoms with van der Waals surface area (Å²) in [5.74, 6) is 1.14. The van der Waals surface area contributed by atoms with E-state index in [9.17, 15) is 0 Å². The smallest absolute Gasteiger partial charge is 0.110 e. The van der Waals surface area contributed by atoms with Crippen molar-refractivity contribution in [3.05, 3.63) is 47.8 Å². The second-order valence-electron chi connectivity index (χ2n) is 5.27. The quantitative estimate of drug-likeness (QED) is 0.810. The average Bonchev–Trinajstić information content (AvgIpc) is 2.98. The van der Waals surface area contributed by atoms with Gasteiger partial charge in [0.05, 0.1) is 0 Å². The number of nitrogens with zero attached hydrogens (tertiary/aromatic N) is 3. The number of hydrogen-bond acceptors (Lipinski definition) is 3. The molecule has 2 aromatic rings. The van der Waals surface area contributed by atoms with Gasteiger partial charge in [-0.25, -0.2) is 4.98 Å². The molecule has 1 N–H and O–H groups in total. The van der Waals surface area contributed by atoms with Crippen LogP contribution >= 0.6 is 0 Å². The minimum atomic E-state index is 0.301. The molecule has 1 unspecified atom stereocenters. The third kappa shape index (κ3) is 3.91. The Morgan fingerprint density at radius 2 is 2.10 bits per heavy atom. The fraction of sp³-hybridized carbons (Fsp3) is 0.529. The second-order valence-corrected chi connectivity index (χ2v) is 5.27. The van der Waals surface area contributed by atoms with Gasteiger partial charge in [0.25, 0.3) is 0 Å². The predicted octanol–water partition coefficient (Wildman–Crippen LogP) is 3.14. The topological polar surface area (TPSA) is 42.7 Å². The molecule has 2 aromatic heterocycles. The Morgan fingerprint density at radius 1 is 1.24 bits per heavy atom. The molecule has 0 saturated heterocycles. The molecule has 0 amide bonds. The molecule has 0 spiro atoms. The van der Waals surface area contributed by atoms with Crippen molar-refractivity contribution in [1.29, 1.82) is 0 Å². The molecule has 114 valence electrons. The number of nitrogens with one attached hydrogen (secondary N) is 1. The van der Waals surface area contributed by atoms with Gasteiger partial charge in [-0.3, -0.25) is 4.98 Å². The Kier molecular flexibility index (Phi) is 5.93. The maximum Gasteiger partial charge on any atom is 0.110 e. The van der Waals surface area contributed by atoms with Crippen molar-refractivity contribution in [2.75, 3.05) is 6.54 Å². The van der Waals surface area contributed by atoms with Crippen molar-refractivity contribution in [2.45, 2.75) is 52.6 Å². The molecular weight excluding hydrogens is 260 g/mol. The predicted molar refractivity (Wildman–Crippen MR) is 86.3 cm³/mol. The van der Waals surface area contributed by atoms with Crippen LogP contribution < -0.4 is 5.32 Å². The molecule has 0 bridgehead atoms. The molecule has 0 aliphatic rings. The molecule has 21 heavy (non-hydrogen) atoms. The minimum Gasteiger partial charge on any atom is -0.335 e. The SMILES string of the molecule is CCCNC(Cc1nccn1CC)c1ccncc1CC. The molecule has 2 rings (SSSR count). The fourth-order valence-corrected chi connectivity index (χ4v) is 2.68.